The summed E-state index contributed by atoms with van der Waals surface area (Å²) < 4.78 is 0. The molecule has 2 fully saturated rings. The van der Waals surface area contributed by atoms with E-state index in [1.54, 1.807) is 11.8 Å². The van der Waals surface area contributed by atoms with Crippen molar-refractivity contribution in [3.63, 3.8) is 0 Å². The van der Waals surface area contributed by atoms with Crippen molar-refractivity contribution < 1.29 is 4.79 Å². The van der Waals surface area contributed by atoms with E-state index in [1.807, 2.05) is 4.90 Å². The van der Waals surface area contributed by atoms with Gasteiger partial charge < -0.3 is 10.6 Å². The molecule has 3 nitrogen and oxygen atoms in total. The van der Waals surface area contributed by atoms with Gasteiger partial charge in [0.25, 0.3) is 0 Å². The molecule has 0 radical (unpaired) electrons. The van der Waals surface area contributed by atoms with Crippen LogP contribution in [0.1, 0.15) is 44.9 Å². The van der Waals surface area contributed by atoms with E-state index < -0.39 is 0 Å². The lowest BCUT2D eigenvalue weighted by molar-refractivity contribution is -0.132. The molecule has 0 aromatic carbocycles. The molecule has 112 valence electrons. The Hall–Kier alpha value is 0.0700. The molecule has 1 aliphatic carbocycles. The summed E-state index contributed by atoms with van der Waals surface area (Å²) in [7, 11) is 0. The molecule has 1 saturated carbocycles. The summed E-state index contributed by atoms with van der Waals surface area (Å²) in [5.74, 6) is 1.16. The van der Waals surface area contributed by atoms with Crippen LogP contribution in [0.4, 0.5) is 0 Å². The zero-order valence-electron chi connectivity index (χ0n) is 11.9. The van der Waals surface area contributed by atoms with Crippen molar-refractivity contribution in [1.82, 2.24) is 4.90 Å². The second kappa shape index (κ2) is 7.75. The van der Waals surface area contributed by atoms with E-state index in [0.717, 1.165) is 25.3 Å². The summed E-state index contributed by atoms with van der Waals surface area (Å²) in [5.41, 5.74) is 6.45. The van der Waals surface area contributed by atoms with Gasteiger partial charge in [-0.3, -0.25) is 4.79 Å². The molecule has 0 aromatic heterocycles. The summed E-state index contributed by atoms with van der Waals surface area (Å²) in [5, 5.41) is 0. The van der Waals surface area contributed by atoms with E-state index in [2.05, 4.69) is 6.26 Å². The van der Waals surface area contributed by atoms with Crippen LogP contribution in [-0.4, -0.2) is 41.9 Å². The monoisotopic (exact) mass is 306 g/mol. The summed E-state index contributed by atoms with van der Waals surface area (Å²) in [6.45, 7) is 1.91. The van der Waals surface area contributed by atoms with Gasteiger partial charge in [0.15, 0.2) is 0 Å². The highest BCUT2D eigenvalue weighted by Gasteiger charge is 2.41. The number of thioether (sulfide) groups is 1. The third-order valence-corrected chi connectivity index (χ3v) is 5.26. The lowest BCUT2D eigenvalue weighted by Crippen LogP contribution is -2.44. The van der Waals surface area contributed by atoms with E-state index in [9.17, 15) is 4.79 Å². The fourth-order valence-electron chi connectivity index (χ4n) is 3.44. The van der Waals surface area contributed by atoms with Crippen LogP contribution in [-0.2, 0) is 4.79 Å². The minimum Gasteiger partial charge on any atom is -0.341 e. The van der Waals surface area contributed by atoms with Crippen molar-refractivity contribution in [2.45, 2.75) is 51.0 Å². The number of nitrogens with zero attached hydrogens (tertiary/aromatic N) is 1. The third kappa shape index (κ3) is 4.27. The fourth-order valence-corrected chi connectivity index (χ4v) is 3.93. The van der Waals surface area contributed by atoms with Gasteiger partial charge in [0.05, 0.1) is 6.04 Å². The molecule has 5 heteroatoms. The topological polar surface area (TPSA) is 46.3 Å². The Bertz CT molecular complexity index is 295. The molecule has 1 spiro atoms. The van der Waals surface area contributed by atoms with Gasteiger partial charge in [-0.15, -0.1) is 12.4 Å². The van der Waals surface area contributed by atoms with Crippen LogP contribution in [0, 0.1) is 5.41 Å². The van der Waals surface area contributed by atoms with Crippen molar-refractivity contribution in [2.24, 2.45) is 11.1 Å². The van der Waals surface area contributed by atoms with Gasteiger partial charge in [0, 0.05) is 13.1 Å². The van der Waals surface area contributed by atoms with E-state index in [4.69, 9.17) is 5.73 Å². The van der Waals surface area contributed by atoms with E-state index in [1.165, 1.54) is 38.5 Å². The number of likely N-dealkylation sites (tertiary alicyclic amines) is 1. The molecule has 0 aromatic rings. The van der Waals surface area contributed by atoms with Gasteiger partial charge in [-0.1, -0.05) is 19.3 Å². The highest BCUT2D eigenvalue weighted by molar-refractivity contribution is 7.98. The lowest BCUT2D eigenvalue weighted by Gasteiger charge is -2.33. The van der Waals surface area contributed by atoms with Gasteiger partial charge in [0.2, 0.25) is 5.91 Å². The first-order chi connectivity index (χ1) is 8.67. The summed E-state index contributed by atoms with van der Waals surface area (Å²) in [6.07, 6.45) is 10.8. The first kappa shape index (κ1) is 17.1. The van der Waals surface area contributed by atoms with Crippen molar-refractivity contribution >= 4 is 30.1 Å². The zero-order chi connectivity index (χ0) is 13.0. The summed E-state index contributed by atoms with van der Waals surface area (Å²) in [6, 6.07) is -0.281. The predicted octanol–water partition coefficient (Wildman–Crippen LogP) is 2.67. The van der Waals surface area contributed by atoms with Crippen LogP contribution in [0.15, 0.2) is 0 Å². The second-order valence-corrected chi connectivity index (χ2v) is 6.94. The van der Waals surface area contributed by atoms with Gasteiger partial charge in [0.1, 0.15) is 0 Å². The molecule has 0 unspecified atom stereocenters. The number of hydrogen-bond acceptors (Lipinski definition) is 3. The maximum absolute atomic E-state index is 12.3. The van der Waals surface area contributed by atoms with Crippen molar-refractivity contribution in [2.75, 3.05) is 25.1 Å². The molecule has 1 aliphatic heterocycles. The first-order valence-electron chi connectivity index (χ1n) is 7.20. The third-order valence-electron chi connectivity index (χ3n) is 4.61. The average molecular weight is 307 g/mol. The Morgan fingerprint density at radius 2 is 2.00 bits per heavy atom. The zero-order valence-corrected chi connectivity index (χ0v) is 13.5. The Labute approximate surface area is 127 Å². The molecular weight excluding hydrogens is 280 g/mol. The molecule has 2 aliphatic rings. The van der Waals surface area contributed by atoms with Crippen LogP contribution < -0.4 is 5.73 Å². The number of halogens is 1. The van der Waals surface area contributed by atoms with Crippen molar-refractivity contribution in [3.05, 3.63) is 0 Å². The molecule has 2 rings (SSSR count). The van der Waals surface area contributed by atoms with E-state index in [-0.39, 0.29) is 24.4 Å². The lowest BCUT2D eigenvalue weighted by atomic mass is 9.73. The first-order valence-corrected chi connectivity index (χ1v) is 8.60. The normalized spacial score (nSPS) is 23.2. The van der Waals surface area contributed by atoms with Crippen LogP contribution in [0.5, 0.6) is 0 Å². The standard InChI is InChI=1S/C14H26N2OS.ClH/c1-18-10-5-12(15)13(17)16-9-8-14(11-16)6-3-2-4-7-14;/h12H,2-11,15H2,1H3;1H/t12-;/m0./s1. The summed E-state index contributed by atoms with van der Waals surface area (Å²) in [4.78, 5) is 14.3. The molecule has 1 heterocycles. The number of amides is 1. The number of carbonyl (C=O) groups is 1. The Morgan fingerprint density at radius 3 is 2.63 bits per heavy atom. The molecule has 1 amide bonds. The largest absolute Gasteiger partial charge is 0.341 e. The van der Waals surface area contributed by atoms with Gasteiger partial charge >= 0.3 is 0 Å². The minimum atomic E-state index is -0.281. The minimum absolute atomic E-state index is 0. The number of nitrogens with two attached hydrogens (primary N) is 1. The fraction of sp³-hybridized carbons (Fsp3) is 0.929. The Morgan fingerprint density at radius 1 is 1.32 bits per heavy atom. The van der Waals surface area contributed by atoms with Gasteiger partial charge in [-0.2, -0.15) is 11.8 Å². The number of hydrogen-bond donors (Lipinski definition) is 1. The second-order valence-electron chi connectivity index (χ2n) is 5.96. The van der Waals surface area contributed by atoms with Crippen molar-refractivity contribution in [1.29, 1.82) is 0 Å². The van der Waals surface area contributed by atoms with Crippen LogP contribution in [0.25, 0.3) is 0 Å². The molecule has 1 atom stereocenters. The van der Waals surface area contributed by atoms with Gasteiger partial charge in [-0.25, -0.2) is 0 Å². The van der Waals surface area contributed by atoms with Crippen molar-refractivity contribution in [3.8, 4) is 0 Å². The Balaban J connectivity index is 0.00000180. The molecule has 1 saturated heterocycles. The number of rotatable bonds is 4. The van der Waals surface area contributed by atoms with E-state index >= 15 is 0 Å². The van der Waals surface area contributed by atoms with Crippen LogP contribution in [0.2, 0.25) is 0 Å². The quantitative estimate of drug-likeness (QED) is 0.868. The summed E-state index contributed by atoms with van der Waals surface area (Å²) >= 11 is 1.76. The molecule has 2 N–H and O–H groups in total. The Kier molecular flexibility index (Phi) is 6.98. The smallest absolute Gasteiger partial charge is 0.239 e. The maximum atomic E-state index is 12.3. The van der Waals surface area contributed by atoms with E-state index in [0.29, 0.717) is 5.41 Å². The average Bonchev–Trinajstić information content (AvgIpc) is 2.79. The highest BCUT2D eigenvalue weighted by Crippen LogP contribution is 2.43. The molecule has 0 bridgehead atoms. The number of carbonyl (C=O) groups excluding carboxylic acids is 1. The molecule has 19 heavy (non-hydrogen) atoms. The van der Waals surface area contributed by atoms with Crippen LogP contribution in [0.3, 0.4) is 0 Å². The molecular formula is C14H27ClN2OS. The predicted molar refractivity (Wildman–Crippen MR) is 84.9 cm³/mol. The maximum Gasteiger partial charge on any atom is 0.239 e. The van der Waals surface area contributed by atoms with Crippen LogP contribution >= 0.6 is 24.2 Å². The van der Waals surface area contributed by atoms with Gasteiger partial charge in [-0.05, 0) is 43.1 Å². The highest BCUT2D eigenvalue weighted by atomic mass is 35.5. The SMILES string of the molecule is CSCC[C@H](N)C(=O)N1CCC2(CCCCC2)C1.Cl.